The lowest BCUT2D eigenvalue weighted by Crippen LogP contribution is -2.52. The Morgan fingerprint density at radius 2 is 1.68 bits per heavy atom. The molecule has 5 aromatic rings. The number of aromatic nitrogens is 2. The Bertz CT molecular complexity index is 2830. The molecule has 8 rings (SSSR count). The van der Waals surface area contributed by atoms with Gasteiger partial charge >= 0.3 is 0 Å². The summed E-state index contributed by atoms with van der Waals surface area (Å²) in [6, 6.07) is 19.8. The third kappa shape index (κ3) is 11.7. The van der Waals surface area contributed by atoms with Crippen LogP contribution in [0.3, 0.4) is 0 Å². The number of amides is 4. The Balaban J connectivity index is 0.719. The van der Waals surface area contributed by atoms with Crippen molar-refractivity contribution in [2.75, 3.05) is 56.8 Å². The Labute approximate surface area is 398 Å². The van der Waals surface area contributed by atoms with E-state index >= 15 is 0 Å². The number of aliphatic imine (C=N–C) groups is 1. The number of hydrogen-bond acceptors (Lipinski definition) is 15. The van der Waals surface area contributed by atoms with Gasteiger partial charge < -0.3 is 40.2 Å². The SMILES string of the molecule is N=N/C(=C\NCC(O)COCCOCCOCC(=O)Nc1ccc2c(c1)CN(C1CCC(=O)NC1=O)C2=O)c1ccc(Nc2ncc3c(n2)-c2ccc(Cl)cc2C(c2c(F)cccc2F)=NC3)cc1. The van der Waals surface area contributed by atoms with Gasteiger partial charge in [0.25, 0.3) is 5.91 Å². The molecule has 1 saturated heterocycles. The maximum atomic E-state index is 14.9. The molecule has 3 aliphatic rings. The van der Waals surface area contributed by atoms with Crippen LogP contribution in [-0.4, -0.2) is 108 Å². The molecule has 356 valence electrons. The Hall–Kier alpha value is -7.36. The normalized spacial score (nSPS) is 15.9. The van der Waals surface area contributed by atoms with Gasteiger partial charge in [-0.15, -0.1) is 0 Å². The Morgan fingerprint density at radius 3 is 2.45 bits per heavy atom. The number of hydrogen-bond donors (Lipinski definition) is 6. The van der Waals surface area contributed by atoms with Crippen LogP contribution in [0.2, 0.25) is 5.02 Å². The fraction of sp³-hybridized carbons (Fsp3) is 0.271. The van der Waals surface area contributed by atoms with Crippen molar-refractivity contribution in [3.8, 4) is 11.3 Å². The zero-order valence-electron chi connectivity index (χ0n) is 36.8. The Morgan fingerprint density at radius 1 is 0.942 bits per heavy atom. The number of nitrogens with zero attached hydrogens (tertiary/aromatic N) is 5. The van der Waals surface area contributed by atoms with Crippen LogP contribution in [0.1, 0.15) is 51.0 Å². The summed E-state index contributed by atoms with van der Waals surface area (Å²) in [6.45, 7) is 0.946. The number of carbonyl (C=O) groups is 4. The summed E-state index contributed by atoms with van der Waals surface area (Å²) in [6.07, 6.45) is 2.67. The predicted molar refractivity (Wildman–Crippen MR) is 249 cm³/mol. The number of piperidine rings is 1. The number of fused-ring (bicyclic) bond motifs is 4. The first-order valence-corrected chi connectivity index (χ1v) is 22.2. The van der Waals surface area contributed by atoms with Gasteiger partial charge in [-0.2, -0.15) is 5.11 Å². The maximum absolute atomic E-state index is 14.9. The minimum absolute atomic E-state index is 0.0167. The van der Waals surface area contributed by atoms with E-state index in [2.05, 4.69) is 36.4 Å². The van der Waals surface area contributed by atoms with Crippen LogP contribution >= 0.6 is 11.6 Å². The fourth-order valence-electron chi connectivity index (χ4n) is 7.88. The first-order chi connectivity index (χ1) is 33.4. The zero-order chi connectivity index (χ0) is 48.4. The molecule has 0 radical (unpaired) electrons. The van der Waals surface area contributed by atoms with E-state index in [1.54, 1.807) is 66.9 Å². The van der Waals surface area contributed by atoms with Crippen molar-refractivity contribution in [1.29, 1.82) is 5.53 Å². The van der Waals surface area contributed by atoms with Crippen LogP contribution in [-0.2, 0) is 41.7 Å². The lowest BCUT2D eigenvalue weighted by atomic mass is 9.95. The molecule has 1 fully saturated rings. The second-order valence-corrected chi connectivity index (χ2v) is 16.4. The molecule has 21 heteroatoms. The van der Waals surface area contributed by atoms with Gasteiger partial charge in [0.05, 0.1) is 62.7 Å². The predicted octanol–water partition coefficient (Wildman–Crippen LogP) is 5.90. The molecule has 3 aliphatic heterocycles. The van der Waals surface area contributed by atoms with Crippen molar-refractivity contribution in [2.45, 2.75) is 38.1 Å². The molecule has 0 aliphatic carbocycles. The number of imide groups is 1. The van der Waals surface area contributed by atoms with Gasteiger partial charge in [0.2, 0.25) is 23.7 Å². The van der Waals surface area contributed by atoms with Gasteiger partial charge in [-0.1, -0.05) is 35.9 Å². The van der Waals surface area contributed by atoms with Crippen LogP contribution in [0.25, 0.3) is 17.0 Å². The zero-order valence-corrected chi connectivity index (χ0v) is 37.5. The van der Waals surface area contributed by atoms with E-state index in [0.29, 0.717) is 61.2 Å². The van der Waals surface area contributed by atoms with E-state index in [4.69, 9.17) is 36.3 Å². The van der Waals surface area contributed by atoms with Gasteiger partial charge in [0.1, 0.15) is 30.0 Å². The van der Waals surface area contributed by atoms with Crippen molar-refractivity contribution < 1.29 is 47.3 Å². The smallest absolute Gasteiger partial charge is 0.255 e. The van der Waals surface area contributed by atoms with Gasteiger partial charge in [0.15, 0.2) is 0 Å². The number of carbonyl (C=O) groups excluding carboxylic acids is 4. The molecule has 69 heavy (non-hydrogen) atoms. The molecule has 18 nitrogen and oxygen atoms in total. The number of aliphatic hydroxyl groups excluding tert-OH is 1. The van der Waals surface area contributed by atoms with Crippen molar-refractivity contribution in [1.82, 2.24) is 25.5 Å². The largest absolute Gasteiger partial charge is 0.389 e. The van der Waals surface area contributed by atoms with Crippen LogP contribution < -0.4 is 21.3 Å². The second kappa shape index (κ2) is 22.2. The number of halogens is 3. The minimum atomic E-state index is -0.874. The number of rotatable bonds is 20. The number of aliphatic hydroxyl groups is 1. The molecule has 0 spiro atoms. The average molecular weight is 963 g/mol. The molecule has 4 heterocycles. The topological polar surface area (TPSA) is 242 Å². The maximum Gasteiger partial charge on any atom is 0.255 e. The van der Waals surface area contributed by atoms with E-state index < -0.39 is 35.6 Å². The number of anilines is 3. The first-order valence-electron chi connectivity index (χ1n) is 21.8. The quantitative estimate of drug-likeness (QED) is 0.0304. The van der Waals surface area contributed by atoms with Crippen LogP contribution in [0.15, 0.2) is 101 Å². The molecular weight excluding hydrogens is 918 g/mol. The lowest BCUT2D eigenvalue weighted by Gasteiger charge is -2.29. The lowest BCUT2D eigenvalue weighted by molar-refractivity contribution is -0.137. The van der Waals surface area contributed by atoms with Crippen LogP contribution in [0, 0.1) is 17.2 Å². The monoisotopic (exact) mass is 962 g/mol. The molecule has 0 saturated carbocycles. The summed E-state index contributed by atoms with van der Waals surface area (Å²) in [5, 5.41) is 25.5. The van der Waals surface area contributed by atoms with E-state index in [9.17, 15) is 33.1 Å². The van der Waals surface area contributed by atoms with Gasteiger partial charge in [-0.3, -0.25) is 29.5 Å². The summed E-state index contributed by atoms with van der Waals surface area (Å²) < 4.78 is 46.3. The highest BCUT2D eigenvalue weighted by Gasteiger charge is 2.39. The molecule has 0 bridgehead atoms. The van der Waals surface area contributed by atoms with E-state index in [-0.39, 0.29) is 101 Å². The van der Waals surface area contributed by atoms with Crippen molar-refractivity contribution in [3.63, 3.8) is 0 Å². The van der Waals surface area contributed by atoms with E-state index in [1.165, 1.54) is 29.3 Å². The van der Waals surface area contributed by atoms with Gasteiger partial charge in [-0.05, 0) is 66.6 Å². The number of ether oxygens (including phenoxy) is 3. The van der Waals surface area contributed by atoms with Crippen molar-refractivity contribution in [2.24, 2.45) is 10.1 Å². The molecular formula is C48H45ClF2N10O8. The van der Waals surface area contributed by atoms with Crippen LogP contribution in [0.5, 0.6) is 0 Å². The highest BCUT2D eigenvalue weighted by Crippen LogP contribution is 2.35. The molecule has 2 atom stereocenters. The van der Waals surface area contributed by atoms with E-state index in [1.807, 2.05) is 0 Å². The van der Waals surface area contributed by atoms with Crippen molar-refractivity contribution in [3.05, 3.63) is 141 Å². The number of nitrogens with one attached hydrogen (secondary N) is 5. The van der Waals surface area contributed by atoms with Crippen LogP contribution in [0.4, 0.5) is 26.1 Å². The Kier molecular flexibility index (Phi) is 15.5. The third-order valence-electron chi connectivity index (χ3n) is 11.2. The standard InChI is InChI=1S/C48H45ClF2N10O8/c49-30-6-10-35-36(19-30)45(43-37(50)2-1-3-38(43)51)54-20-29-21-55-48(59-44(29)35)57-31-7-4-27(5-8-31)39(60-52)23-53-22-33(62)25-68-16-14-67-15-17-69-26-42(64)56-32-9-11-34-28(18-32)24-61(47(34)66)40-12-13-41(63)58-46(40)65/h1-11,18-19,21,23,33,40,52-53,62H,12-17,20,22,24-26H2,(H,56,64)(H,55,57,59)(H,58,63,65)/b39-23-,60-52?. The molecule has 4 aromatic carbocycles. The van der Waals surface area contributed by atoms with Gasteiger partial charge in [0, 0.05) is 76.1 Å². The van der Waals surface area contributed by atoms with Gasteiger partial charge in [-0.25, -0.2) is 24.3 Å². The third-order valence-corrected chi connectivity index (χ3v) is 11.4. The molecule has 6 N–H and O–H groups in total. The molecule has 1 aromatic heterocycles. The van der Waals surface area contributed by atoms with E-state index in [0.717, 1.165) is 0 Å². The second-order valence-electron chi connectivity index (χ2n) is 16.0. The number of benzene rings is 4. The molecule has 4 amide bonds. The summed E-state index contributed by atoms with van der Waals surface area (Å²) in [7, 11) is 0. The minimum Gasteiger partial charge on any atom is -0.389 e. The highest BCUT2D eigenvalue weighted by molar-refractivity contribution is 6.31. The summed E-state index contributed by atoms with van der Waals surface area (Å²) in [5.41, 5.74) is 12.9. The summed E-state index contributed by atoms with van der Waals surface area (Å²) in [4.78, 5) is 64.4. The molecule has 2 unspecified atom stereocenters. The van der Waals surface area contributed by atoms with Crippen molar-refractivity contribution >= 4 is 64.0 Å². The first kappa shape index (κ1) is 48.1. The summed E-state index contributed by atoms with van der Waals surface area (Å²) >= 11 is 6.35. The highest BCUT2D eigenvalue weighted by atomic mass is 35.5. The fourth-order valence-corrected chi connectivity index (χ4v) is 8.05. The average Bonchev–Trinajstić information content (AvgIpc) is 3.56. The summed E-state index contributed by atoms with van der Waals surface area (Å²) in [5.74, 6) is -2.78.